The van der Waals surface area contributed by atoms with Gasteiger partial charge in [-0.05, 0) is 36.5 Å². The second-order valence-electron chi connectivity index (χ2n) is 4.02. The second-order valence-corrected chi connectivity index (χ2v) is 4.02. The first-order chi connectivity index (χ1) is 3.67. The molecule has 0 aromatic rings. The highest BCUT2D eigenvalue weighted by Gasteiger charge is 2.49. The van der Waals surface area contributed by atoms with Crippen molar-refractivity contribution in [1.29, 1.82) is 0 Å². The lowest BCUT2D eigenvalue weighted by Gasteiger charge is -2.17. The van der Waals surface area contributed by atoms with Gasteiger partial charge >= 0.3 is 0 Å². The summed E-state index contributed by atoms with van der Waals surface area (Å²) in [5.41, 5.74) is 0.591. The molecule has 2 aliphatic carbocycles. The fraction of sp³-hybridized carbons (Fsp3) is 0.875. The molecule has 0 aromatic carbocycles. The molecule has 2 unspecified atom stereocenters. The van der Waals surface area contributed by atoms with Gasteiger partial charge in [-0.25, -0.2) is 0 Å². The summed E-state index contributed by atoms with van der Waals surface area (Å²) in [4.78, 5) is 0. The lowest BCUT2D eigenvalue weighted by Crippen LogP contribution is -2.07. The SMILES string of the molecule is CC1(C)[CH]C2CC2C1. The first-order valence-corrected chi connectivity index (χ1v) is 3.53. The van der Waals surface area contributed by atoms with Crippen LogP contribution in [0.5, 0.6) is 0 Å². The zero-order valence-corrected chi connectivity index (χ0v) is 5.65. The molecule has 8 heavy (non-hydrogen) atoms. The third-order valence-corrected chi connectivity index (χ3v) is 2.43. The van der Waals surface area contributed by atoms with E-state index in [1.54, 1.807) is 0 Å². The summed E-state index contributed by atoms with van der Waals surface area (Å²) in [6.07, 6.45) is 5.50. The molecular weight excluding hydrogens is 96.1 g/mol. The highest BCUT2D eigenvalue weighted by Crippen LogP contribution is 2.58. The Hall–Kier alpha value is 0. The van der Waals surface area contributed by atoms with Gasteiger partial charge in [0.05, 0.1) is 0 Å². The number of hydrogen-bond donors (Lipinski definition) is 0. The molecule has 0 nitrogen and oxygen atoms in total. The molecule has 0 N–H and O–H groups in total. The quantitative estimate of drug-likeness (QED) is 0.447. The van der Waals surface area contributed by atoms with E-state index in [0.717, 1.165) is 11.8 Å². The highest BCUT2D eigenvalue weighted by atomic mass is 14.5. The normalized spacial score (nSPS) is 48.8. The summed E-state index contributed by atoms with van der Waals surface area (Å²) >= 11 is 0. The predicted molar refractivity (Wildman–Crippen MR) is 34.3 cm³/mol. The zero-order valence-electron chi connectivity index (χ0n) is 5.65. The van der Waals surface area contributed by atoms with Crippen molar-refractivity contribution >= 4 is 0 Å². The van der Waals surface area contributed by atoms with Gasteiger partial charge in [0.2, 0.25) is 0 Å². The third kappa shape index (κ3) is 0.586. The van der Waals surface area contributed by atoms with E-state index in [1.165, 1.54) is 12.8 Å². The van der Waals surface area contributed by atoms with Crippen molar-refractivity contribution in [3.63, 3.8) is 0 Å². The van der Waals surface area contributed by atoms with Crippen LogP contribution in [0, 0.1) is 23.7 Å². The fourth-order valence-electron chi connectivity index (χ4n) is 2.03. The molecule has 2 fully saturated rings. The van der Waals surface area contributed by atoms with Crippen molar-refractivity contribution in [3.05, 3.63) is 6.42 Å². The molecule has 2 rings (SSSR count). The van der Waals surface area contributed by atoms with Crippen LogP contribution in [0.1, 0.15) is 26.7 Å². The molecule has 2 atom stereocenters. The molecule has 2 aliphatic rings. The average Bonchev–Trinajstić information content (AvgIpc) is 2.11. The molecule has 1 radical (unpaired) electrons. The zero-order chi connectivity index (χ0) is 5.78. The molecule has 0 spiro atoms. The standard InChI is InChI=1S/C8H13/c1-8(2)4-6-3-7(6)5-8/h4,6-7H,3,5H2,1-2H3. The van der Waals surface area contributed by atoms with Gasteiger partial charge in [-0.2, -0.15) is 0 Å². The summed E-state index contributed by atoms with van der Waals surface area (Å²) < 4.78 is 0. The van der Waals surface area contributed by atoms with Gasteiger partial charge in [0.15, 0.2) is 0 Å². The van der Waals surface area contributed by atoms with Crippen molar-refractivity contribution in [2.75, 3.05) is 0 Å². The average molecular weight is 109 g/mol. The Kier molecular flexibility index (Phi) is 0.678. The Balaban J connectivity index is 2.08. The van der Waals surface area contributed by atoms with Gasteiger partial charge in [-0.1, -0.05) is 13.8 Å². The predicted octanol–water partition coefficient (Wildman–Crippen LogP) is 2.26. The summed E-state index contributed by atoms with van der Waals surface area (Å²) in [5, 5.41) is 0. The van der Waals surface area contributed by atoms with Gasteiger partial charge in [0.1, 0.15) is 0 Å². The highest BCUT2D eigenvalue weighted by molar-refractivity contribution is 5.11. The van der Waals surface area contributed by atoms with E-state index in [1.807, 2.05) is 0 Å². The van der Waals surface area contributed by atoms with Gasteiger partial charge in [0, 0.05) is 0 Å². The minimum absolute atomic E-state index is 0.591. The Morgan fingerprint density at radius 1 is 1.50 bits per heavy atom. The Bertz CT molecular complexity index is 101. The minimum Gasteiger partial charge on any atom is -0.0596 e. The number of fused-ring (bicyclic) bond motifs is 1. The molecule has 0 heteroatoms. The van der Waals surface area contributed by atoms with Crippen molar-refractivity contribution in [2.24, 2.45) is 17.3 Å². The van der Waals surface area contributed by atoms with Crippen LogP contribution in [0.4, 0.5) is 0 Å². The van der Waals surface area contributed by atoms with Crippen LogP contribution in [0.15, 0.2) is 0 Å². The fourth-order valence-corrected chi connectivity index (χ4v) is 2.03. The van der Waals surface area contributed by atoms with Gasteiger partial charge in [0.25, 0.3) is 0 Å². The van der Waals surface area contributed by atoms with Crippen molar-refractivity contribution in [2.45, 2.75) is 26.7 Å². The first-order valence-electron chi connectivity index (χ1n) is 3.53. The van der Waals surface area contributed by atoms with Crippen molar-refractivity contribution in [3.8, 4) is 0 Å². The van der Waals surface area contributed by atoms with Crippen LogP contribution in [0.2, 0.25) is 0 Å². The third-order valence-electron chi connectivity index (χ3n) is 2.43. The van der Waals surface area contributed by atoms with Crippen molar-refractivity contribution < 1.29 is 0 Å². The molecule has 0 saturated heterocycles. The van der Waals surface area contributed by atoms with Gasteiger partial charge < -0.3 is 0 Å². The number of rotatable bonds is 0. The molecule has 45 valence electrons. The maximum Gasteiger partial charge on any atom is -0.0295 e. The van der Waals surface area contributed by atoms with Crippen LogP contribution in [0.3, 0.4) is 0 Å². The van der Waals surface area contributed by atoms with E-state index in [-0.39, 0.29) is 0 Å². The molecule has 0 heterocycles. The van der Waals surface area contributed by atoms with E-state index in [4.69, 9.17) is 0 Å². The van der Waals surface area contributed by atoms with E-state index < -0.39 is 0 Å². The summed E-state index contributed by atoms with van der Waals surface area (Å²) in [7, 11) is 0. The summed E-state index contributed by atoms with van der Waals surface area (Å²) in [6.45, 7) is 4.69. The smallest absolute Gasteiger partial charge is 0.0295 e. The molecule has 0 amide bonds. The molecule has 0 aliphatic heterocycles. The van der Waals surface area contributed by atoms with Crippen molar-refractivity contribution in [1.82, 2.24) is 0 Å². The summed E-state index contributed by atoms with van der Waals surface area (Å²) in [5.74, 6) is 2.13. The van der Waals surface area contributed by atoms with Crippen LogP contribution in [-0.2, 0) is 0 Å². The van der Waals surface area contributed by atoms with Crippen LogP contribution >= 0.6 is 0 Å². The van der Waals surface area contributed by atoms with Gasteiger partial charge in [-0.15, -0.1) is 0 Å². The molecule has 0 aromatic heterocycles. The largest absolute Gasteiger partial charge is 0.0596 e. The Labute approximate surface area is 51.3 Å². The Morgan fingerprint density at radius 2 is 2.25 bits per heavy atom. The summed E-state index contributed by atoms with van der Waals surface area (Å²) in [6, 6.07) is 0. The second kappa shape index (κ2) is 1.12. The Morgan fingerprint density at radius 3 is 2.50 bits per heavy atom. The van der Waals surface area contributed by atoms with E-state index >= 15 is 0 Å². The first kappa shape index (κ1) is 4.84. The molecule has 2 saturated carbocycles. The number of hydrogen-bond acceptors (Lipinski definition) is 0. The van der Waals surface area contributed by atoms with E-state index in [2.05, 4.69) is 20.3 Å². The monoisotopic (exact) mass is 109 g/mol. The van der Waals surface area contributed by atoms with E-state index in [0.29, 0.717) is 5.41 Å². The maximum atomic E-state index is 2.54. The lowest BCUT2D eigenvalue weighted by molar-refractivity contribution is 0.415. The maximum absolute atomic E-state index is 2.54. The molecular formula is C8H13. The van der Waals surface area contributed by atoms with Crippen LogP contribution in [0.25, 0.3) is 0 Å². The van der Waals surface area contributed by atoms with Crippen LogP contribution in [-0.4, -0.2) is 0 Å². The molecule has 0 bridgehead atoms. The van der Waals surface area contributed by atoms with Crippen LogP contribution < -0.4 is 0 Å². The van der Waals surface area contributed by atoms with Gasteiger partial charge in [-0.3, -0.25) is 0 Å². The lowest BCUT2D eigenvalue weighted by atomic mass is 9.88. The topological polar surface area (TPSA) is 0 Å². The minimum atomic E-state index is 0.591. The van der Waals surface area contributed by atoms with E-state index in [9.17, 15) is 0 Å².